The van der Waals surface area contributed by atoms with Gasteiger partial charge in [-0.1, -0.05) is 18.2 Å². The van der Waals surface area contributed by atoms with Crippen molar-refractivity contribution in [3.63, 3.8) is 0 Å². The van der Waals surface area contributed by atoms with Crippen LogP contribution in [0.4, 0.5) is 5.69 Å². The number of hydrogen-bond donors (Lipinski definition) is 2. The summed E-state index contributed by atoms with van der Waals surface area (Å²) in [5.74, 6) is 0.0843. The van der Waals surface area contributed by atoms with Crippen LogP contribution >= 0.6 is 0 Å². The fourth-order valence-electron chi connectivity index (χ4n) is 3.11. The van der Waals surface area contributed by atoms with Crippen molar-refractivity contribution in [2.75, 3.05) is 25.5 Å². The minimum absolute atomic E-state index is 0.0401. The number of nitrogens with zero attached hydrogens (tertiary/aromatic N) is 1. The maximum absolute atomic E-state index is 12.7. The Balaban J connectivity index is 1.65. The molecule has 154 valence electrons. The van der Waals surface area contributed by atoms with E-state index in [9.17, 15) is 18.0 Å². The van der Waals surface area contributed by atoms with Gasteiger partial charge in [0.1, 0.15) is 5.75 Å². The number of rotatable bonds is 6. The number of para-hydroxylation sites is 1. The topological polar surface area (TPSA) is 105 Å². The fraction of sp³-hybridized carbons (Fsp3) is 0.300. The molecule has 0 unspecified atom stereocenters. The average Bonchev–Trinajstić information content (AvgIpc) is 2.68. The Morgan fingerprint density at radius 3 is 2.52 bits per heavy atom. The summed E-state index contributed by atoms with van der Waals surface area (Å²) < 4.78 is 32.0. The van der Waals surface area contributed by atoms with Gasteiger partial charge in [0.25, 0.3) is 0 Å². The van der Waals surface area contributed by atoms with Crippen LogP contribution in [0.15, 0.2) is 53.4 Å². The predicted molar refractivity (Wildman–Crippen MR) is 108 cm³/mol. The predicted octanol–water partition coefficient (Wildman–Crippen LogP) is 1.91. The van der Waals surface area contributed by atoms with E-state index in [1.165, 1.54) is 38.2 Å². The summed E-state index contributed by atoms with van der Waals surface area (Å²) in [5.41, 5.74) is 1.38. The largest absolute Gasteiger partial charge is 0.493 e. The molecule has 0 bridgehead atoms. The normalized spacial score (nSPS) is 15.9. The number of sulfonamides is 1. The second kappa shape index (κ2) is 8.62. The van der Waals surface area contributed by atoms with E-state index in [4.69, 9.17) is 4.74 Å². The van der Waals surface area contributed by atoms with Crippen LogP contribution in [-0.2, 0) is 19.6 Å². The third kappa shape index (κ3) is 4.93. The van der Waals surface area contributed by atoms with Crippen molar-refractivity contribution in [1.82, 2.24) is 9.62 Å². The molecule has 0 saturated heterocycles. The molecule has 29 heavy (non-hydrogen) atoms. The van der Waals surface area contributed by atoms with Crippen molar-refractivity contribution in [2.24, 2.45) is 0 Å². The number of carbonyl (C=O) groups excluding carboxylic acids is 2. The number of amides is 2. The Kier molecular flexibility index (Phi) is 6.19. The van der Waals surface area contributed by atoms with Gasteiger partial charge >= 0.3 is 0 Å². The minimum Gasteiger partial charge on any atom is -0.493 e. The zero-order chi connectivity index (χ0) is 21.0. The van der Waals surface area contributed by atoms with Crippen LogP contribution in [0.3, 0.4) is 0 Å². The first-order valence-electron chi connectivity index (χ1n) is 9.12. The van der Waals surface area contributed by atoms with Gasteiger partial charge in [-0.2, -0.15) is 4.31 Å². The highest BCUT2D eigenvalue weighted by atomic mass is 32.2. The Bertz CT molecular complexity index is 1010. The van der Waals surface area contributed by atoms with Crippen LogP contribution in [0, 0.1) is 0 Å². The molecule has 0 spiro atoms. The zero-order valence-corrected chi connectivity index (χ0v) is 17.0. The molecule has 2 N–H and O–H groups in total. The van der Waals surface area contributed by atoms with Gasteiger partial charge in [0.15, 0.2) is 0 Å². The maximum atomic E-state index is 12.7. The van der Waals surface area contributed by atoms with Gasteiger partial charge in [-0.3, -0.25) is 9.59 Å². The first kappa shape index (κ1) is 20.8. The fourth-order valence-corrected chi connectivity index (χ4v) is 4.24. The molecule has 0 fully saturated rings. The summed E-state index contributed by atoms with van der Waals surface area (Å²) in [4.78, 5) is 23.6. The monoisotopic (exact) mass is 417 g/mol. The van der Waals surface area contributed by atoms with Gasteiger partial charge in [-0.25, -0.2) is 8.42 Å². The molecule has 8 nitrogen and oxygen atoms in total. The quantitative estimate of drug-likeness (QED) is 0.747. The number of hydrogen-bond acceptors (Lipinski definition) is 5. The number of likely N-dealkylation sites (N-methyl/N-ethyl adjacent to an activating group) is 1. The third-order valence-corrected chi connectivity index (χ3v) is 6.36. The van der Waals surface area contributed by atoms with E-state index in [0.717, 1.165) is 15.6 Å². The molecule has 0 radical (unpaired) electrons. The molecule has 1 atom stereocenters. The van der Waals surface area contributed by atoms with E-state index < -0.39 is 15.9 Å². The van der Waals surface area contributed by atoms with E-state index in [1.807, 2.05) is 24.3 Å². The van der Waals surface area contributed by atoms with E-state index >= 15 is 0 Å². The maximum Gasteiger partial charge on any atom is 0.243 e. The van der Waals surface area contributed by atoms with Crippen molar-refractivity contribution < 1.29 is 22.7 Å². The number of nitrogens with one attached hydrogen (secondary N) is 2. The van der Waals surface area contributed by atoms with Gasteiger partial charge in [-0.15, -0.1) is 0 Å². The first-order chi connectivity index (χ1) is 13.8. The van der Waals surface area contributed by atoms with E-state index in [2.05, 4.69) is 10.6 Å². The van der Waals surface area contributed by atoms with Gasteiger partial charge in [-0.05, 0) is 30.3 Å². The Morgan fingerprint density at radius 2 is 1.83 bits per heavy atom. The standard InChI is InChI=1S/C20H23N3O5S/c1-14(24)21-15-7-9-16(10-8-15)29(26,27)23(2)13-20(25)22-18-11-12-28-19-6-4-3-5-17(18)19/h3-10,18H,11-13H2,1-2H3,(H,21,24)(H,22,25)/t18-/m0/s1. The highest BCUT2D eigenvalue weighted by Crippen LogP contribution is 2.31. The SMILES string of the molecule is CC(=O)Nc1ccc(S(=O)(=O)N(C)CC(=O)N[C@H]2CCOc3ccccc32)cc1. The first-order valence-corrected chi connectivity index (χ1v) is 10.6. The van der Waals surface area contributed by atoms with Crippen molar-refractivity contribution in [3.05, 3.63) is 54.1 Å². The van der Waals surface area contributed by atoms with Gasteiger partial charge in [0.05, 0.1) is 24.1 Å². The number of fused-ring (bicyclic) bond motifs is 1. The lowest BCUT2D eigenvalue weighted by molar-refractivity contribution is -0.122. The zero-order valence-electron chi connectivity index (χ0n) is 16.2. The van der Waals surface area contributed by atoms with E-state index in [0.29, 0.717) is 18.7 Å². The smallest absolute Gasteiger partial charge is 0.243 e. The number of carbonyl (C=O) groups is 2. The Labute approximate surface area is 169 Å². The number of anilines is 1. The van der Waals surface area contributed by atoms with Crippen LogP contribution in [0.5, 0.6) is 5.75 Å². The van der Waals surface area contributed by atoms with E-state index in [-0.39, 0.29) is 23.4 Å². The Hall–Kier alpha value is -2.91. The van der Waals surface area contributed by atoms with Gasteiger partial charge in [0.2, 0.25) is 21.8 Å². The third-order valence-electron chi connectivity index (χ3n) is 4.54. The van der Waals surface area contributed by atoms with Gasteiger partial charge < -0.3 is 15.4 Å². The lowest BCUT2D eigenvalue weighted by atomic mass is 10.0. The van der Waals surface area contributed by atoms with Crippen molar-refractivity contribution in [1.29, 1.82) is 0 Å². The second-order valence-corrected chi connectivity index (χ2v) is 8.81. The van der Waals surface area contributed by atoms with Crippen LogP contribution in [0.2, 0.25) is 0 Å². The molecular formula is C20H23N3O5S. The minimum atomic E-state index is -3.85. The van der Waals surface area contributed by atoms with E-state index in [1.54, 1.807) is 0 Å². The molecule has 1 aliphatic heterocycles. The lowest BCUT2D eigenvalue weighted by Gasteiger charge is -2.27. The van der Waals surface area contributed by atoms with Crippen molar-refractivity contribution >= 4 is 27.5 Å². The molecule has 2 amide bonds. The summed E-state index contributed by atoms with van der Waals surface area (Å²) in [6.07, 6.45) is 0.615. The summed E-state index contributed by atoms with van der Waals surface area (Å²) in [5, 5.41) is 5.46. The molecule has 0 saturated carbocycles. The summed E-state index contributed by atoms with van der Waals surface area (Å²) >= 11 is 0. The van der Waals surface area contributed by atoms with Crippen molar-refractivity contribution in [3.8, 4) is 5.75 Å². The average molecular weight is 417 g/mol. The highest BCUT2D eigenvalue weighted by molar-refractivity contribution is 7.89. The van der Waals surface area contributed by atoms with Gasteiger partial charge in [0, 0.05) is 31.6 Å². The number of benzene rings is 2. The summed E-state index contributed by atoms with van der Waals surface area (Å²) in [6.45, 7) is 1.54. The molecule has 2 aromatic rings. The molecule has 0 aliphatic carbocycles. The number of ether oxygens (including phenoxy) is 1. The lowest BCUT2D eigenvalue weighted by Crippen LogP contribution is -2.40. The van der Waals surface area contributed by atoms with Crippen LogP contribution in [0.1, 0.15) is 24.9 Å². The Morgan fingerprint density at radius 1 is 1.14 bits per heavy atom. The van der Waals surface area contributed by atoms with Crippen LogP contribution in [0.25, 0.3) is 0 Å². The summed E-state index contributed by atoms with van der Waals surface area (Å²) in [6, 6.07) is 13.0. The molecule has 1 aliphatic rings. The summed E-state index contributed by atoms with van der Waals surface area (Å²) in [7, 11) is -2.49. The molecule has 9 heteroatoms. The van der Waals surface area contributed by atoms with Crippen molar-refractivity contribution in [2.45, 2.75) is 24.3 Å². The molecule has 1 heterocycles. The molecule has 2 aromatic carbocycles. The second-order valence-electron chi connectivity index (χ2n) is 6.76. The molecular weight excluding hydrogens is 394 g/mol. The van der Waals surface area contributed by atoms with Crippen LogP contribution < -0.4 is 15.4 Å². The highest BCUT2D eigenvalue weighted by Gasteiger charge is 2.26. The molecule has 3 rings (SSSR count). The van der Waals surface area contributed by atoms with Crippen LogP contribution in [-0.4, -0.2) is 44.7 Å². The molecule has 0 aromatic heterocycles.